The lowest BCUT2D eigenvalue weighted by molar-refractivity contribution is -0.0432. The van der Waals surface area contributed by atoms with Crippen molar-refractivity contribution in [2.24, 2.45) is 17.1 Å². The Hall–Kier alpha value is -0.0800. The molecule has 3 N–H and O–H groups in total. The van der Waals surface area contributed by atoms with Crippen molar-refractivity contribution in [2.75, 3.05) is 6.54 Å². The fourth-order valence-corrected chi connectivity index (χ4v) is 3.36. The molecular weight excluding hydrogens is 174 g/mol. The van der Waals surface area contributed by atoms with E-state index in [2.05, 4.69) is 0 Å². The first-order chi connectivity index (χ1) is 6.74. The van der Waals surface area contributed by atoms with Crippen LogP contribution < -0.4 is 5.73 Å². The van der Waals surface area contributed by atoms with Gasteiger partial charge in [0.2, 0.25) is 0 Å². The first kappa shape index (κ1) is 10.4. The van der Waals surface area contributed by atoms with Gasteiger partial charge in [-0.25, -0.2) is 0 Å². The van der Waals surface area contributed by atoms with Crippen molar-refractivity contribution >= 4 is 0 Å². The van der Waals surface area contributed by atoms with Gasteiger partial charge in [0.05, 0.1) is 6.10 Å². The number of nitrogens with two attached hydrogens (primary N) is 1. The van der Waals surface area contributed by atoms with E-state index in [9.17, 15) is 5.11 Å². The largest absolute Gasteiger partial charge is 0.393 e. The van der Waals surface area contributed by atoms with Crippen molar-refractivity contribution < 1.29 is 5.11 Å². The predicted molar refractivity (Wildman–Crippen MR) is 57.9 cm³/mol. The highest BCUT2D eigenvalue weighted by Crippen LogP contribution is 2.47. The van der Waals surface area contributed by atoms with E-state index in [1.165, 1.54) is 38.5 Å². The third kappa shape index (κ3) is 2.12. The van der Waals surface area contributed by atoms with Crippen LogP contribution in [0, 0.1) is 11.3 Å². The number of rotatable bonds is 3. The van der Waals surface area contributed by atoms with E-state index in [0.717, 1.165) is 25.3 Å². The fourth-order valence-electron chi connectivity index (χ4n) is 3.36. The van der Waals surface area contributed by atoms with E-state index in [4.69, 9.17) is 5.73 Å². The second kappa shape index (κ2) is 4.19. The Balaban J connectivity index is 1.82. The Bertz CT molecular complexity index is 181. The molecule has 0 atom stereocenters. The Labute approximate surface area is 86.9 Å². The van der Waals surface area contributed by atoms with Gasteiger partial charge in [0.25, 0.3) is 0 Å². The molecular formula is C12H23NO. The monoisotopic (exact) mass is 197 g/mol. The molecule has 2 fully saturated rings. The molecule has 0 spiro atoms. The minimum absolute atomic E-state index is 0.0536. The highest BCUT2D eigenvalue weighted by atomic mass is 16.3. The molecule has 82 valence electrons. The summed E-state index contributed by atoms with van der Waals surface area (Å²) in [5, 5.41) is 9.39. The minimum atomic E-state index is -0.0536. The molecule has 0 amide bonds. The molecule has 0 saturated heterocycles. The van der Waals surface area contributed by atoms with E-state index >= 15 is 0 Å². The van der Waals surface area contributed by atoms with Gasteiger partial charge in [-0.2, -0.15) is 0 Å². The summed E-state index contributed by atoms with van der Waals surface area (Å²) in [7, 11) is 0. The van der Waals surface area contributed by atoms with Crippen LogP contribution in [0.4, 0.5) is 0 Å². The second-order valence-corrected chi connectivity index (χ2v) is 5.47. The Morgan fingerprint density at radius 1 is 1.14 bits per heavy atom. The van der Waals surface area contributed by atoms with Crippen LogP contribution in [0.25, 0.3) is 0 Å². The first-order valence-corrected chi connectivity index (χ1v) is 6.12. The molecule has 0 bridgehead atoms. The number of hydrogen-bond donors (Lipinski definition) is 2. The Morgan fingerprint density at radius 3 is 2.29 bits per heavy atom. The van der Waals surface area contributed by atoms with Crippen molar-refractivity contribution in [1.29, 1.82) is 0 Å². The van der Waals surface area contributed by atoms with Crippen molar-refractivity contribution in [2.45, 2.75) is 57.5 Å². The van der Waals surface area contributed by atoms with Crippen LogP contribution in [-0.4, -0.2) is 17.8 Å². The van der Waals surface area contributed by atoms with Crippen LogP contribution in [-0.2, 0) is 0 Å². The van der Waals surface area contributed by atoms with E-state index < -0.39 is 0 Å². The molecule has 2 saturated carbocycles. The molecule has 2 rings (SSSR count). The fraction of sp³-hybridized carbons (Fsp3) is 1.00. The van der Waals surface area contributed by atoms with Gasteiger partial charge in [-0.15, -0.1) is 0 Å². The van der Waals surface area contributed by atoms with Crippen LogP contribution in [0.1, 0.15) is 51.4 Å². The van der Waals surface area contributed by atoms with Crippen LogP contribution in [0.5, 0.6) is 0 Å². The molecule has 0 heterocycles. The molecule has 14 heavy (non-hydrogen) atoms. The van der Waals surface area contributed by atoms with E-state index in [0.29, 0.717) is 5.41 Å². The van der Waals surface area contributed by atoms with Crippen LogP contribution >= 0.6 is 0 Å². The van der Waals surface area contributed by atoms with Gasteiger partial charge >= 0.3 is 0 Å². The summed E-state index contributed by atoms with van der Waals surface area (Å²) in [5.41, 5.74) is 6.16. The molecule has 0 aliphatic heterocycles. The zero-order valence-electron chi connectivity index (χ0n) is 9.04. The number of aliphatic hydroxyl groups is 1. The minimum Gasteiger partial charge on any atom is -0.393 e. The lowest BCUT2D eigenvalue weighted by atomic mass is 9.61. The van der Waals surface area contributed by atoms with Gasteiger partial charge in [0.1, 0.15) is 0 Å². The summed E-state index contributed by atoms with van der Waals surface area (Å²) in [6.07, 6.45) is 10.2. The number of hydrogen-bond acceptors (Lipinski definition) is 2. The van der Waals surface area contributed by atoms with Crippen LogP contribution in [0.2, 0.25) is 0 Å². The third-order valence-electron chi connectivity index (χ3n) is 4.22. The molecule has 0 aromatic carbocycles. The molecule has 0 aromatic rings. The summed E-state index contributed by atoms with van der Waals surface area (Å²) in [6, 6.07) is 0. The van der Waals surface area contributed by atoms with Crippen molar-refractivity contribution in [3.8, 4) is 0 Å². The molecule has 0 aromatic heterocycles. The van der Waals surface area contributed by atoms with Gasteiger partial charge in [-0.1, -0.05) is 32.1 Å². The smallest absolute Gasteiger partial charge is 0.0551 e. The summed E-state index contributed by atoms with van der Waals surface area (Å²) < 4.78 is 0. The maximum absolute atomic E-state index is 9.39. The van der Waals surface area contributed by atoms with Gasteiger partial charge in [-0.3, -0.25) is 0 Å². The zero-order valence-corrected chi connectivity index (χ0v) is 9.04. The van der Waals surface area contributed by atoms with E-state index in [-0.39, 0.29) is 6.10 Å². The molecule has 2 aliphatic carbocycles. The van der Waals surface area contributed by atoms with Gasteiger partial charge in [0, 0.05) is 0 Å². The average Bonchev–Trinajstić information content (AvgIpc) is 2.16. The Kier molecular flexibility index (Phi) is 3.13. The van der Waals surface area contributed by atoms with Gasteiger partial charge < -0.3 is 10.8 Å². The first-order valence-electron chi connectivity index (χ1n) is 6.12. The van der Waals surface area contributed by atoms with E-state index in [1.54, 1.807) is 0 Å². The summed E-state index contributed by atoms with van der Waals surface area (Å²) >= 11 is 0. The summed E-state index contributed by atoms with van der Waals surface area (Å²) in [4.78, 5) is 0. The van der Waals surface area contributed by atoms with Crippen LogP contribution in [0.15, 0.2) is 0 Å². The van der Waals surface area contributed by atoms with Crippen molar-refractivity contribution in [3.63, 3.8) is 0 Å². The summed E-state index contributed by atoms with van der Waals surface area (Å²) in [5.74, 6) is 0.903. The molecule has 2 aliphatic rings. The predicted octanol–water partition coefficient (Wildman–Crippen LogP) is 2.06. The maximum Gasteiger partial charge on any atom is 0.0551 e. The molecule has 0 unspecified atom stereocenters. The molecule has 2 nitrogen and oxygen atoms in total. The van der Waals surface area contributed by atoms with E-state index in [1.807, 2.05) is 0 Å². The normalized spacial score (nSPS) is 39.4. The van der Waals surface area contributed by atoms with Crippen LogP contribution in [0.3, 0.4) is 0 Å². The quantitative estimate of drug-likeness (QED) is 0.727. The van der Waals surface area contributed by atoms with Crippen molar-refractivity contribution in [3.05, 3.63) is 0 Å². The average molecular weight is 197 g/mol. The zero-order chi connectivity index (χ0) is 10.0. The Morgan fingerprint density at radius 2 is 1.79 bits per heavy atom. The highest BCUT2D eigenvalue weighted by molar-refractivity contribution is 4.96. The molecule has 2 heteroatoms. The lowest BCUT2D eigenvalue weighted by Crippen LogP contribution is -2.47. The second-order valence-electron chi connectivity index (χ2n) is 5.47. The van der Waals surface area contributed by atoms with Crippen molar-refractivity contribution in [1.82, 2.24) is 0 Å². The SMILES string of the molecule is NCC1(CC2CCCCC2)CC(O)C1. The maximum atomic E-state index is 9.39. The topological polar surface area (TPSA) is 46.2 Å². The van der Waals surface area contributed by atoms with Gasteiger partial charge in [0.15, 0.2) is 0 Å². The highest BCUT2D eigenvalue weighted by Gasteiger charge is 2.43. The number of aliphatic hydroxyl groups excluding tert-OH is 1. The van der Waals surface area contributed by atoms with Gasteiger partial charge in [-0.05, 0) is 37.1 Å². The third-order valence-corrected chi connectivity index (χ3v) is 4.22. The standard InChI is InChI=1S/C12H23NO/c13-9-12(7-11(14)8-12)6-10-4-2-1-3-5-10/h10-11,14H,1-9,13H2. The molecule has 0 radical (unpaired) electrons. The lowest BCUT2D eigenvalue weighted by Gasteiger charge is -2.47. The summed E-state index contributed by atoms with van der Waals surface area (Å²) in [6.45, 7) is 0.778.